The van der Waals surface area contributed by atoms with Gasteiger partial charge in [-0.25, -0.2) is 19.9 Å². The zero-order chi connectivity index (χ0) is 11.5. The summed E-state index contributed by atoms with van der Waals surface area (Å²) in [5.74, 6) is 0.667. The van der Waals surface area contributed by atoms with E-state index in [1.54, 1.807) is 6.20 Å². The lowest BCUT2D eigenvalue weighted by molar-refractivity contribution is 0.965. The minimum Gasteiger partial charge on any atom is -0.383 e. The van der Waals surface area contributed by atoms with Crippen molar-refractivity contribution in [3.8, 4) is 0 Å². The lowest BCUT2D eigenvalue weighted by Crippen LogP contribution is -1.99. The van der Waals surface area contributed by atoms with Gasteiger partial charge in [0, 0.05) is 12.3 Å². The van der Waals surface area contributed by atoms with Crippen LogP contribution in [0.25, 0.3) is 0 Å². The van der Waals surface area contributed by atoms with E-state index >= 15 is 0 Å². The second kappa shape index (κ2) is 4.62. The smallest absolute Gasteiger partial charge is 0.197 e. The first-order chi connectivity index (χ1) is 7.65. The van der Waals surface area contributed by atoms with Crippen LogP contribution in [0.4, 0.5) is 11.6 Å². The summed E-state index contributed by atoms with van der Waals surface area (Å²) >= 11 is 4.59. The summed E-state index contributed by atoms with van der Waals surface area (Å²) in [5.41, 5.74) is 11.1. The van der Waals surface area contributed by atoms with Crippen molar-refractivity contribution in [3.05, 3.63) is 23.1 Å². The Hall–Kier alpha value is -1.41. The zero-order valence-corrected chi connectivity index (χ0v) is 10.4. The molecule has 0 aliphatic carbocycles. The Morgan fingerprint density at radius 3 is 2.50 bits per heavy atom. The zero-order valence-electron chi connectivity index (χ0n) is 7.96. The quantitative estimate of drug-likeness (QED) is 0.637. The first-order valence-electron chi connectivity index (χ1n) is 4.18. The second-order valence-corrected chi connectivity index (χ2v) is 4.59. The highest BCUT2D eigenvalue weighted by atomic mass is 79.9. The lowest BCUT2D eigenvalue weighted by atomic mass is 10.5. The largest absolute Gasteiger partial charge is 0.383 e. The van der Waals surface area contributed by atoms with Gasteiger partial charge in [0.25, 0.3) is 0 Å². The van der Waals surface area contributed by atoms with Gasteiger partial charge in [-0.3, -0.25) is 0 Å². The van der Waals surface area contributed by atoms with Crippen LogP contribution >= 0.6 is 27.7 Å². The van der Waals surface area contributed by atoms with Gasteiger partial charge in [-0.05, 0) is 27.7 Å². The van der Waals surface area contributed by atoms with Crippen LogP contribution in [0.15, 0.2) is 33.2 Å². The van der Waals surface area contributed by atoms with Crippen LogP contribution in [-0.4, -0.2) is 19.9 Å². The fraction of sp³-hybridized carbons (Fsp3) is 0. The summed E-state index contributed by atoms with van der Waals surface area (Å²) in [6, 6.07) is 1.50. The van der Waals surface area contributed by atoms with E-state index in [1.165, 1.54) is 24.2 Å². The summed E-state index contributed by atoms with van der Waals surface area (Å²) in [6.45, 7) is 0. The maximum absolute atomic E-state index is 5.56. The molecule has 0 unspecified atom stereocenters. The van der Waals surface area contributed by atoms with Gasteiger partial charge in [-0.15, -0.1) is 0 Å². The maximum Gasteiger partial charge on any atom is 0.197 e. The Balaban J connectivity index is 2.30. The molecule has 82 valence electrons. The highest BCUT2D eigenvalue weighted by Crippen LogP contribution is 2.29. The summed E-state index contributed by atoms with van der Waals surface area (Å²) in [6.07, 6.45) is 3.09. The van der Waals surface area contributed by atoms with Crippen molar-refractivity contribution in [2.45, 2.75) is 10.2 Å². The molecule has 0 saturated carbocycles. The molecule has 6 nitrogen and oxygen atoms in total. The molecule has 4 N–H and O–H groups in total. The molecule has 2 heterocycles. The van der Waals surface area contributed by atoms with Crippen molar-refractivity contribution in [3.63, 3.8) is 0 Å². The molecule has 0 bridgehead atoms. The number of nitrogen functional groups attached to an aromatic ring is 2. The summed E-state index contributed by atoms with van der Waals surface area (Å²) in [4.78, 5) is 16.0. The molecule has 2 aromatic heterocycles. The van der Waals surface area contributed by atoms with Gasteiger partial charge in [0.2, 0.25) is 0 Å². The summed E-state index contributed by atoms with van der Waals surface area (Å²) in [7, 11) is 0. The van der Waals surface area contributed by atoms with Gasteiger partial charge >= 0.3 is 0 Å². The third-order valence-corrected chi connectivity index (χ3v) is 3.29. The van der Waals surface area contributed by atoms with Crippen LogP contribution in [0.1, 0.15) is 0 Å². The van der Waals surface area contributed by atoms with E-state index in [1.807, 2.05) is 0 Å². The Labute approximate surface area is 104 Å². The number of aromatic nitrogens is 4. The van der Waals surface area contributed by atoms with Crippen molar-refractivity contribution in [1.82, 2.24) is 19.9 Å². The number of nitrogens with zero attached hydrogens (tertiary/aromatic N) is 4. The molecule has 0 aliphatic rings. The van der Waals surface area contributed by atoms with Gasteiger partial charge in [-0.2, -0.15) is 0 Å². The number of halogens is 1. The number of hydrogen-bond acceptors (Lipinski definition) is 7. The van der Waals surface area contributed by atoms with E-state index in [9.17, 15) is 0 Å². The van der Waals surface area contributed by atoms with Crippen molar-refractivity contribution < 1.29 is 0 Å². The molecule has 0 fully saturated rings. The first-order valence-corrected chi connectivity index (χ1v) is 5.79. The summed E-state index contributed by atoms with van der Waals surface area (Å²) < 4.78 is 0.768. The standard InChI is InChI=1S/C8H7BrN6S/c9-4-2-12-3-13-7(4)16-8-14-5(10)1-6(11)15-8/h1-3H,(H4,10,11,14,15). The van der Waals surface area contributed by atoms with Crippen LogP contribution in [0.3, 0.4) is 0 Å². The molecule has 0 radical (unpaired) electrons. The van der Waals surface area contributed by atoms with Crippen molar-refractivity contribution >= 4 is 39.3 Å². The SMILES string of the molecule is Nc1cc(N)nc(Sc2ncncc2Br)n1. The van der Waals surface area contributed by atoms with Crippen LogP contribution < -0.4 is 11.5 Å². The normalized spacial score (nSPS) is 10.3. The van der Waals surface area contributed by atoms with E-state index in [0.717, 1.165) is 4.47 Å². The fourth-order valence-corrected chi connectivity index (χ4v) is 2.16. The van der Waals surface area contributed by atoms with E-state index in [4.69, 9.17) is 11.5 Å². The Bertz CT molecular complexity index is 499. The molecule has 0 atom stereocenters. The molecule has 16 heavy (non-hydrogen) atoms. The molecular formula is C8H7BrN6S. The van der Waals surface area contributed by atoms with Gasteiger partial charge < -0.3 is 11.5 Å². The summed E-state index contributed by atoms with van der Waals surface area (Å²) in [5, 5.41) is 1.16. The highest BCUT2D eigenvalue weighted by Gasteiger charge is 2.07. The molecule has 2 aromatic rings. The minimum atomic E-state index is 0.333. The predicted molar refractivity (Wildman–Crippen MR) is 64.7 cm³/mol. The molecule has 0 amide bonds. The van der Waals surface area contributed by atoms with Crippen molar-refractivity contribution in [1.29, 1.82) is 0 Å². The van der Waals surface area contributed by atoms with Crippen molar-refractivity contribution in [2.24, 2.45) is 0 Å². The number of nitrogens with two attached hydrogens (primary N) is 2. The topological polar surface area (TPSA) is 104 Å². The monoisotopic (exact) mass is 298 g/mol. The lowest BCUT2D eigenvalue weighted by Gasteiger charge is -2.02. The third kappa shape index (κ3) is 2.58. The van der Waals surface area contributed by atoms with E-state index in [0.29, 0.717) is 21.8 Å². The molecule has 2 rings (SSSR count). The molecule has 0 aliphatic heterocycles. The van der Waals surface area contributed by atoms with Gasteiger partial charge in [0.05, 0.1) is 4.47 Å². The van der Waals surface area contributed by atoms with Crippen LogP contribution in [0.5, 0.6) is 0 Å². The molecule has 0 spiro atoms. The third-order valence-electron chi connectivity index (χ3n) is 1.57. The molecule has 8 heteroatoms. The Morgan fingerprint density at radius 1 is 1.19 bits per heavy atom. The van der Waals surface area contributed by atoms with Crippen LogP contribution in [0.2, 0.25) is 0 Å². The maximum atomic E-state index is 5.56. The van der Waals surface area contributed by atoms with Gasteiger partial charge in [0.1, 0.15) is 23.0 Å². The predicted octanol–water partition coefficient (Wildman–Crippen LogP) is 1.34. The van der Waals surface area contributed by atoms with E-state index < -0.39 is 0 Å². The Kier molecular flexibility index (Phi) is 3.20. The van der Waals surface area contributed by atoms with Gasteiger partial charge in [-0.1, -0.05) is 0 Å². The minimum absolute atomic E-state index is 0.333. The Morgan fingerprint density at radius 2 is 1.88 bits per heavy atom. The average Bonchev–Trinajstić information content (AvgIpc) is 2.20. The second-order valence-electron chi connectivity index (χ2n) is 2.78. The van der Waals surface area contributed by atoms with Gasteiger partial charge in [0.15, 0.2) is 5.16 Å². The molecular weight excluding hydrogens is 292 g/mol. The van der Waals surface area contributed by atoms with E-state index in [-0.39, 0.29) is 0 Å². The number of hydrogen-bond donors (Lipinski definition) is 2. The first kappa shape index (κ1) is 11.1. The van der Waals surface area contributed by atoms with Crippen molar-refractivity contribution in [2.75, 3.05) is 11.5 Å². The fourth-order valence-electron chi connectivity index (χ4n) is 0.971. The highest BCUT2D eigenvalue weighted by molar-refractivity contribution is 9.10. The van der Waals surface area contributed by atoms with Crippen LogP contribution in [-0.2, 0) is 0 Å². The molecule has 0 saturated heterocycles. The average molecular weight is 299 g/mol. The van der Waals surface area contributed by atoms with Crippen LogP contribution in [0, 0.1) is 0 Å². The number of anilines is 2. The number of rotatable bonds is 2. The molecule has 0 aromatic carbocycles. The van der Waals surface area contributed by atoms with E-state index in [2.05, 4.69) is 35.9 Å².